The van der Waals surface area contributed by atoms with E-state index >= 15 is 0 Å². The molecule has 2 heteroatoms. The Morgan fingerprint density at radius 3 is 1.10 bits per heavy atom. The molecule has 0 atom stereocenters. The minimum absolute atomic E-state index is 0.219. The van der Waals surface area contributed by atoms with E-state index in [2.05, 4.69) is 182 Å². The second-order valence-corrected chi connectivity index (χ2v) is 14.3. The summed E-state index contributed by atoms with van der Waals surface area (Å²) in [5, 5.41) is 5.16. The van der Waals surface area contributed by atoms with Crippen molar-refractivity contribution in [2.75, 3.05) is 0 Å². The van der Waals surface area contributed by atoms with Gasteiger partial charge in [-0.15, -0.1) is 0 Å². The largest absolute Gasteiger partial charge is 0.309 e. The summed E-state index contributed by atoms with van der Waals surface area (Å²) < 4.78 is 4.92. The van der Waals surface area contributed by atoms with Crippen molar-refractivity contribution in [1.29, 1.82) is 0 Å². The average molecular weight is 633 g/mol. The van der Waals surface area contributed by atoms with E-state index in [1.54, 1.807) is 0 Å². The van der Waals surface area contributed by atoms with Crippen LogP contribution < -0.4 is 0 Å². The molecule has 0 spiro atoms. The molecule has 2 nitrogen and oxygen atoms in total. The molecular weight excluding hydrogens is 593 g/mol. The highest BCUT2D eigenvalue weighted by atomic mass is 15.0. The average Bonchev–Trinajstić information content (AvgIpc) is 3.73. The SMILES string of the molecule is CC(C)=CCC1(CC=C(C)C)c2cc(-n3c4ccccc4c4ccccc43)ccc2-c2ccc(-n3c4ccccc4c4ccccc43)cc21. The Bertz CT molecular complexity index is 2360. The Labute approximate surface area is 288 Å². The molecule has 0 saturated carbocycles. The number of nitrogens with zero attached hydrogens (tertiary/aromatic N) is 2. The molecule has 0 bridgehead atoms. The van der Waals surface area contributed by atoms with E-state index in [9.17, 15) is 0 Å². The van der Waals surface area contributed by atoms with E-state index in [1.807, 2.05) is 0 Å². The minimum atomic E-state index is -0.219. The summed E-state index contributed by atoms with van der Waals surface area (Å²) in [6.07, 6.45) is 6.79. The first kappa shape index (κ1) is 29.5. The van der Waals surface area contributed by atoms with E-state index in [0.29, 0.717) is 0 Å². The maximum atomic E-state index is 2.51. The molecule has 0 aliphatic heterocycles. The van der Waals surface area contributed by atoms with Crippen LogP contribution in [-0.4, -0.2) is 9.13 Å². The summed E-state index contributed by atoms with van der Waals surface area (Å²) in [6.45, 7) is 8.92. The molecule has 0 fully saturated rings. The quantitative estimate of drug-likeness (QED) is 0.161. The van der Waals surface area contributed by atoms with Crippen LogP contribution in [0.1, 0.15) is 51.7 Å². The summed E-state index contributed by atoms with van der Waals surface area (Å²) in [4.78, 5) is 0. The smallest absolute Gasteiger partial charge is 0.0541 e. The van der Waals surface area contributed by atoms with E-state index in [0.717, 1.165) is 12.8 Å². The van der Waals surface area contributed by atoms with E-state index in [1.165, 1.54) is 88.4 Å². The highest BCUT2D eigenvalue weighted by Crippen LogP contribution is 2.55. The zero-order valence-electron chi connectivity index (χ0n) is 28.7. The molecule has 2 heterocycles. The molecule has 0 N–H and O–H groups in total. The molecule has 0 unspecified atom stereocenters. The monoisotopic (exact) mass is 632 g/mol. The number of fused-ring (bicyclic) bond motifs is 9. The van der Waals surface area contributed by atoms with Gasteiger partial charge in [-0.1, -0.05) is 108 Å². The van der Waals surface area contributed by atoms with Gasteiger partial charge in [0.05, 0.1) is 22.1 Å². The minimum Gasteiger partial charge on any atom is -0.309 e. The molecule has 2 aromatic heterocycles. The van der Waals surface area contributed by atoms with Gasteiger partial charge < -0.3 is 9.13 Å². The van der Waals surface area contributed by atoms with Crippen molar-refractivity contribution < 1.29 is 0 Å². The third-order valence-corrected chi connectivity index (χ3v) is 10.7. The van der Waals surface area contributed by atoms with Crippen LogP contribution >= 0.6 is 0 Å². The molecule has 238 valence electrons. The summed E-state index contributed by atoms with van der Waals surface area (Å²) >= 11 is 0. The van der Waals surface area contributed by atoms with Gasteiger partial charge in [-0.2, -0.15) is 0 Å². The van der Waals surface area contributed by atoms with Crippen molar-refractivity contribution in [3.8, 4) is 22.5 Å². The number of hydrogen-bond acceptors (Lipinski definition) is 0. The first-order chi connectivity index (χ1) is 23.9. The molecule has 1 aliphatic carbocycles. The summed E-state index contributed by atoms with van der Waals surface area (Å²) in [5.41, 5.74) is 15.4. The second kappa shape index (κ2) is 11.2. The topological polar surface area (TPSA) is 9.86 Å². The van der Waals surface area contributed by atoms with E-state index in [-0.39, 0.29) is 5.41 Å². The number of hydrogen-bond donors (Lipinski definition) is 0. The van der Waals surface area contributed by atoms with E-state index in [4.69, 9.17) is 0 Å². The molecule has 8 aromatic rings. The molecular formula is C47H40N2. The summed E-state index contributed by atoms with van der Waals surface area (Å²) in [5.74, 6) is 0. The Balaban J connectivity index is 1.32. The Morgan fingerprint density at radius 1 is 0.449 bits per heavy atom. The first-order valence-electron chi connectivity index (χ1n) is 17.5. The molecule has 0 radical (unpaired) electrons. The maximum Gasteiger partial charge on any atom is 0.0541 e. The molecule has 49 heavy (non-hydrogen) atoms. The van der Waals surface area contributed by atoms with Crippen LogP contribution in [0.3, 0.4) is 0 Å². The van der Waals surface area contributed by atoms with Gasteiger partial charge in [0.1, 0.15) is 0 Å². The third-order valence-electron chi connectivity index (χ3n) is 10.7. The first-order valence-corrected chi connectivity index (χ1v) is 17.5. The molecule has 0 amide bonds. The second-order valence-electron chi connectivity index (χ2n) is 14.3. The van der Waals surface area contributed by atoms with Crippen molar-refractivity contribution in [3.63, 3.8) is 0 Å². The van der Waals surface area contributed by atoms with Crippen LogP contribution in [0.25, 0.3) is 66.1 Å². The van der Waals surface area contributed by atoms with Gasteiger partial charge >= 0.3 is 0 Å². The van der Waals surface area contributed by atoms with Crippen molar-refractivity contribution >= 4 is 43.6 Å². The van der Waals surface area contributed by atoms with Crippen molar-refractivity contribution in [1.82, 2.24) is 9.13 Å². The fraction of sp³-hybridized carbons (Fsp3) is 0.149. The molecule has 0 saturated heterocycles. The Morgan fingerprint density at radius 2 is 0.776 bits per heavy atom. The normalized spacial score (nSPS) is 13.2. The van der Waals surface area contributed by atoms with Crippen LogP contribution in [-0.2, 0) is 5.41 Å². The lowest BCUT2D eigenvalue weighted by molar-refractivity contribution is 0.539. The van der Waals surface area contributed by atoms with Crippen LogP contribution in [0.15, 0.2) is 157 Å². The van der Waals surface area contributed by atoms with Crippen LogP contribution in [0.4, 0.5) is 0 Å². The highest BCUT2D eigenvalue weighted by Gasteiger charge is 2.42. The lowest BCUT2D eigenvalue weighted by Gasteiger charge is -2.31. The number of benzene rings is 6. The fourth-order valence-electron chi connectivity index (χ4n) is 8.43. The Kier molecular flexibility index (Phi) is 6.78. The van der Waals surface area contributed by atoms with Gasteiger partial charge in [-0.3, -0.25) is 0 Å². The lowest BCUT2D eigenvalue weighted by Crippen LogP contribution is -2.24. The van der Waals surface area contributed by atoms with Gasteiger partial charge in [-0.25, -0.2) is 0 Å². The number of allylic oxidation sites excluding steroid dienone is 4. The van der Waals surface area contributed by atoms with Gasteiger partial charge in [0.25, 0.3) is 0 Å². The van der Waals surface area contributed by atoms with Gasteiger partial charge in [0.2, 0.25) is 0 Å². The molecule has 9 rings (SSSR count). The van der Waals surface area contributed by atoms with Gasteiger partial charge in [0, 0.05) is 38.3 Å². The van der Waals surface area contributed by atoms with Crippen LogP contribution in [0.2, 0.25) is 0 Å². The highest BCUT2D eigenvalue weighted by molar-refractivity contribution is 6.10. The van der Waals surface area contributed by atoms with Crippen LogP contribution in [0, 0.1) is 0 Å². The molecule has 6 aromatic carbocycles. The van der Waals surface area contributed by atoms with Gasteiger partial charge in [-0.05, 0) is 111 Å². The zero-order valence-corrected chi connectivity index (χ0v) is 28.7. The predicted octanol–water partition coefficient (Wildman–Crippen LogP) is 12.9. The zero-order chi connectivity index (χ0) is 33.3. The third kappa shape index (κ3) is 4.47. The summed E-state index contributed by atoms with van der Waals surface area (Å²) in [7, 11) is 0. The van der Waals surface area contributed by atoms with Crippen molar-refractivity contribution in [3.05, 3.63) is 168 Å². The predicted molar refractivity (Wildman–Crippen MR) is 209 cm³/mol. The summed E-state index contributed by atoms with van der Waals surface area (Å²) in [6, 6.07) is 49.7. The number of para-hydroxylation sites is 4. The molecule has 1 aliphatic rings. The van der Waals surface area contributed by atoms with Gasteiger partial charge in [0.15, 0.2) is 0 Å². The van der Waals surface area contributed by atoms with E-state index < -0.39 is 0 Å². The number of aromatic nitrogens is 2. The Hall–Kier alpha value is -5.60. The lowest BCUT2D eigenvalue weighted by atomic mass is 9.72. The fourth-order valence-corrected chi connectivity index (χ4v) is 8.43. The van der Waals surface area contributed by atoms with Crippen LogP contribution in [0.5, 0.6) is 0 Å². The maximum absolute atomic E-state index is 2.51. The number of rotatable bonds is 6. The van der Waals surface area contributed by atoms with Crippen molar-refractivity contribution in [2.24, 2.45) is 0 Å². The standard InChI is InChI=1S/C47H40N2/c1-31(2)25-27-47(28-26-32(3)4)41-29-33(48-43-17-9-5-13-37(43)38-14-6-10-18-44(38)48)21-23-35(41)36-24-22-34(30-42(36)47)49-45-19-11-7-15-39(45)40-16-8-12-20-46(40)49/h5-26,29-30H,27-28H2,1-4H3. The van der Waals surface area contributed by atoms with Crippen molar-refractivity contribution in [2.45, 2.75) is 46.0 Å².